The smallest absolute Gasteiger partial charge is 0.422 e. The van der Waals surface area contributed by atoms with E-state index in [1.807, 2.05) is 73.7 Å². The van der Waals surface area contributed by atoms with Gasteiger partial charge in [-0.2, -0.15) is 26.3 Å². The summed E-state index contributed by atoms with van der Waals surface area (Å²) in [6, 6.07) is 33.8. The van der Waals surface area contributed by atoms with E-state index in [-0.39, 0.29) is 11.5 Å². The van der Waals surface area contributed by atoms with E-state index in [1.165, 1.54) is 12.1 Å². The molecule has 4 nitrogen and oxygen atoms in total. The molecule has 0 bridgehead atoms. The molecule has 0 aromatic heterocycles. The van der Waals surface area contributed by atoms with Gasteiger partial charge in [-0.05, 0) is 77.7 Å². The molecule has 0 unspecified atom stereocenters. The molecule has 5 aromatic carbocycles. The number of halogens is 6. The Hall–Kier alpha value is -5.12. The number of hydrogen-bond acceptors (Lipinski definition) is 4. The summed E-state index contributed by atoms with van der Waals surface area (Å²) in [5, 5.41) is 6.31. The Morgan fingerprint density at radius 2 is 1.04 bits per heavy atom. The number of alkyl halides is 6. The Morgan fingerprint density at radius 3 is 1.60 bits per heavy atom. The summed E-state index contributed by atoms with van der Waals surface area (Å²) in [5.41, 5.74) is 6.71. The average molecular weight is 623 g/mol. The number of nitrogens with one attached hydrogen (secondary N) is 2. The van der Waals surface area contributed by atoms with Crippen molar-refractivity contribution in [2.75, 3.05) is 23.8 Å². The van der Waals surface area contributed by atoms with Crippen molar-refractivity contribution in [3.63, 3.8) is 0 Å². The second-order valence-electron chi connectivity index (χ2n) is 10.3. The van der Waals surface area contributed by atoms with Crippen LogP contribution in [-0.4, -0.2) is 25.6 Å². The lowest BCUT2D eigenvalue weighted by Gasteiger charge is -2.17. The monoisotopic (exact) mass is 622 g/mol. The molecule has 0 aliphatic heterocycles. The van der Waals surface area contributed by atoms with Gasteiger partial charge < -0.3 is 20.1 Å². The molecule has 0 radical (unpaired) electrons. The molecule has 45 heavy (non-hydrogen) atoms. The van der Waals surface area contributed by atoms with Crippen LogP contribution in [0.5, 0.6) is 11.5 Å². The molecule has 5 rings (SSSR count). The van der Waals surface area contributed by atoms with Crippen LogP contribution in [0.3, 0.4) is 0 Å². The molecular formula is C35H28F6N2O2. The SMILES string of the molecule is Cc1cccc(-c2cc(Nc3ccccc3OCC(F)(F)F)ccc2-c2ccc(Nc3ccccc3OCC(F)(F)F)cc2)c1. The highest BCUT2D eigenvalue weighted by Gasteiger charge is 2.29. The molecule has 0 aliphatic rings. The number of hydrogen-bond donors (Lipinski definition) is 2. The van der Waals surface area contributed by atoms with Gasteiger partial charge in [0.25, 0.3) is 0 Å². The van der Waals surface area contributed by atoms with Crippen LogP contribution in [0.15, 0.2) is 115 Å². The predicted molar refractivity (Wildman–Crippen MR) is 165 cm³/mol. The predicted octanol–water partition coefficient (Wildman–Crippen LogP) is 10.7. The van der Waals surface area contributed by atoms with Gasteiger partial charge in [-0.15, -0.1) is 0 Å². The van der Waals surface area contributed by atoms with Gasteiger partial charge >= 0.3 is 12.4 Å². The van der Waals surface area contributed by atoms with Crippen molar-refractivity contribution in [3.8, 4) is 33.8 Å². The Labute approximate surface area is 256 Å². The van der Waals surface area contributed by atoms with Crippen LogP contribution in [0.2, 0.25) is 0 Å². The maximum atomic E-state index is 12.8. The summed E-state index contributed by atoms with van der Waals surface area (Å²) in [7, 11) is 0. The third-order valence-electron chi connectivity index (χ3n) is 6.66. The molecule has 0 amide bonds. The van der Waals surface area contributed by atoms with E-state index in [9.17, 15) is 26.3 Å². The first-order chi connectivity index (χ1) is 21.4. The van der Waals surface area contributed by atoms with Crippen LogP contribution in [0.1, 0.15) is 5.56 Å². The van der Waals surface area contributed by atoms with Gasteiger partial charge in [-0.3, -0.25) is 0 Å². The molecule has 5 aromatic rings. The van der Waals surface area contributed by atoms with Crippen molar-refractivity contribution in [1.29, 1.82) is 0 Å². The zero-order chi connectivity index (χ0) is 32.0. The van der Waals surface area contributed by atoms with Crippen LogP contribution in [0.4, 0.5) is 49.1 Å². The Balaban J connectivity index is 1.43. The van der Waals surface area contributed by atoms with Crippen LogP contribution in [0.25, 0.3) is 22.3 Å². The van der Waals surface area contributed by atoms with E-state index in [2.05, 4.69) is 10.6 Å². The van der Waals surface area contributed by atoms with Gasteiger partial charge in [0.1, 0.15) is 11.5 Å². The van der Waals surface area contributed by atoms with Gasteiger partial charge in [0.05, 0.1) is 11.4 Å². The number of ether oxygens (including phenoxy) is 2. The summed E-state index contributed by atoms with van der Waals surface area (Å²) in [6.45, 7) is -0.824. The molecule has 0 aliphatic carbocycles. The fourth-order valence-electron chi connectivity index (χ4n) is 4.68. The van der Waals surface area contributed by atoms with Crippen LogP contribution in [0, 0.1) is 6.92 Å². The number of para-hydroxylation sites is 4. The fraction of sp³-hybridized carbons (Fsp3) is 0.143. The van der Waals surface area contributed by atoms with Crippen molar-refractivity contribution >= 4 is 22.7 Å². The lowest BCUT2D eigenvalue weighted by Crippen LogP contribution is -2.19. The molecule has 0 saturated carbocycles. The third-order valence-corrected chi connectivity index (χ3v) is 6.66. The highest BCUT2D eigenvalue weighted by molar-refractivity contribution is 5.87. The van der Waals surface area contributed by atoms with E-state index in [0.29, 0.717) is 22.7 Å². The summed E-state index contributed by atoms with van der Waals surface area (Å²) in [6.07, 6.45) is -8.93. The quantitative estimate of drug-likeness (QED) is 0.152. The lowest BCUT2D eigenvalue weighted by atomic mass is 9.93. The molecule has 2 N–H and O–H groups in total. The minimum atomic E-state index is -4.47. The van der Waals surface area contributed by atoms with Crippen molar-refractivity contribution in [1.82, 2.24) is 0 Å². The highest BCUT2D eigenvalue weighted by Crippen LogP contribution is 2.38. The van der Waals surface area contributed by atoms with Crippen molar-refractivity contribution in [2.45, 2.75) is 19.3 Å². The van der Waals surface area contributed by atoms with Gasteiger partial charge in [0, 0.05) is 11.4 Å². The Kier molecular flexibility index (Phi) is 9.22. The minimum absolute atomic E-state index is 0.0736. The fourth-order valence-corrected chi connectivity index (χ4v) is 4.68. The number of aryl methyl sites for hydroxylation is 1. The normalized spacial score (nSPS) is 11.6. The van der Waals surface area contributed by atoms with Crippen LogP contribution < -0.4 is 20.1 Å². The van der Waals surface area contributed by atoms with Gasteiger partial charge in [0.15, 0.2) is 13.2 Å². The Bertz CT molecular complexity index is 1750. The molecule has 232 valence electrons. The minimum Gasteiger partial charge on any atom is -0.482 e. The largest absolute Gasteiger partial charge is 0.482 e. The standard InChI is InChI=1S/C35H28F6N2O2/c1-23-7-6-8-25(19-23)29-20-27(43-31-10-3-5-12-33(31)45-22-35(39,40)41)17-18-28(29)24-13-15-26(16-14-24)42-30-9-2-4-11-32(30)44-21-34(36,37)38/h2-20,42-43H,21-22H2,1H3. The van der Waals surface area contributed by atoms with E-state index < -0.39 is 25.6 Å². The topological polar surface area (TPSA) is 42.5 Å². The second-order valence-corrected chi connectivity index (χ2v) is 10.3. The molecule has 0 heterocycles. The first-order valence-electron chi connectivity index (χ1n) is 13.9. The average Bonchev–Trinajstić information content (AvgIpc) is 3.00. The van der Waals surface area contributed by atoms with Gasteiger partial charge in [-0.1, -0.05) is 72.3 Å². The molecule has 0 spiro atoms. The molecule has 0 fully saturated rings. The molecule has 0 atom stereocenters. The van der Waals surface area contributed by atoms with Crippen LogP contribution >= 0.6 is 0 Å². The van der Waals surface area contributed by atoms with Gasteiger partial charge in [-0.25, -0.2) is 0 Å². The first kappa shape index (κ1) is 31.3. The van der Waals surface area contributed by atoms with Crippen molar-refractivity contribution in [3.05, 3.63) is 121 Å². The second kappa shape index (κ2) is 13.3. The van der Waals surface area contributed by atoms with Gasteiger partial charge in [0.2, 0.25) is 0 Å². The maximum Gasteiger partial charge on any atom is 0.422 e. The van der Waals surface area contributed by atoms with Crippen molar-refractivity contribution < 1.29 is 35.8 Å². The Morgan fingerprint density at radius 1 is 0.511 bits per heavy atom. The zero-order valence-electron chi connectivity index (χ0n) is 24.0. The van der Waals surface area contributed by atoms with E-state index in [0.717, 1.165) is 27.8 Å². The number of rotatable bonds is 10. The molecule has 0 saturated heterocycles. The van der Waals surface area contributed by atoms with Crippen molar-refractivity contribution in [2.24, 2.45) is 0 Å². The zero-order valence-corrected chi connectivity index (χ0v) is 24.0. The molecular weight excluding hydrogens is 594 g/mol. The number of anilines is 4. The summed E-state index contributed by atoms with van der Waals surface area (Å²) < 4.78 is 86.6. The van der Waals surface area contributed by atoms with Crippen LogP contribution in [-0.2, 0) is 0 Å². The third kappa shape index (κ3) is 8.72. The summed E-state index contributed by atoms with van der Waals surface area (Å²) >= 11 is 0. The first-order valence-corrected chi connectivity index (χ1v) is 13.9. The highest BCUT2D eigenvalue weighted by atomic mass is 19.4. The van der Waals surface area contributed by atoms with E-state index >= 15 is 0 Å². The lowest BCUT2D eigenvalue weighted by molar-refractivity contribution is -0.154. The van der Waals surface area contributed by atoms with E-state index in [4.69, 9.17) is 9.47 Å². The summed E-state index contributed by atoms with van der Waals surface area (Å²) in [4.78, 5) is 0. The molecule has 10 heteroatoms. The number of benzene rings is 5. The summed E-state index contributed by atoms with van der Waals surface area (Å²) in [5.74, 6) is 0.151. The maximum absolute atomic E-state index is 12.8. The van der Waals surface area contributed by atoms with E-state index in [1.54, 1.807) is 36.4 Å².